The van der Waals surface area contributed by atoms with Crippen LogP contribution in [0.4, 0.5) is 0 Å². The highest BCUT2D eigenvalue weighted by Gasteiger charge is 2.31. The fraction of sp³-hybridized carbons (Fsp3) is 0.917. The number of ether oxygens (including phenoxy) is 1. The summed E-state index contributed by atoms with van der Waals surface area (Å²) in [7, 11) is 0. The second kappa shape index (κ2) is 5.15. The number of carbonyl (C=O) groups is 1. The van der Waals surface area contributed by atoms with Gasteiger partial charge in [0.05, 0.1) is 5.54 Å². The molecular weight excluding hydrogens is 204 g/mol. The molecule has 94 valence electrons. The van der Waals surface area contributed by atoms with E-state index in [0.29, 0.717) is 13.0 Å². The first kappa shape index (κ1) is 13.5. The van der Waals surface area contributed by atoms with Crippen LogP contribution in [-0.2, 0) is 9.53 Å². The van der Waals surface area contributed by atoms with Crippen molar-refractivity contribution >= 4 is 5.91 Å². The van der Waals surface area contributed by atoms with Crippen LogP contribution in [0.5, 0.6) is 0 Å². The third kappa shape index (κ3) is 3.46. The molecule has 0 aromatic carbocycles. The SMILES string of the molecule is CCC(C)(N)C(=O)NCC1(C)CCOCC1. The second-order valence-corrected chi connectivity index (χ2v) is 5.38. The minimum absolute atomic E-state index is 0.0530. The van der Waals surface area contributed by atoms with Crippen LogP contribution in [0.25, 0.3) is 0 Å². The normalized spacial score (nSPS) is 23.5. The van der Waals surface area contributed by atoms with Crippen LogP contribution < -0.4 is 11.1 Å². The molecule has 0 radical (unpaired) electrons. The van der Waals surface area contributed by atoms with Gasteiger partial charge >= 0.3 is 0 Å². The van der Waals surface area contributed by atoms with E-state index in [1.807, 2.05) is 6.92 Å². The third-order valence-electron chi connectivity index (χ3n) is 3.63. The topological polar surface area (TPSA) is 64.4 Å². The maximum absolute atomic E-state index is 11.8. The summed E-state index contributed by atoms with van der Waals surface area (Å²) < 4.78 is 5.32. The number of rotatable bonds is 4. The average Bonchev–Trinajstić information content (AvgIpc) is 2.27. The molecule has 4 heteroatoms. The first-order valence-corrected chi connectivity index (χ1v) is 6.05. The zero-order valence-corrected chi connectivity index (χ0v) is 10.6. The fourth-order valence-corrected chi connectivity index (χ4v) is 1.70. The van der Waals surface area contributed by atoms with Gasteiger partial charge in [0.25, 0.3) is 0 Å². The first-order chi connectivity index (χ1) is 7.40. The molecule has 4 nitrogen and oxygen atoms in total. The van der Waals surface area contributed by atoms with Gasteiger partial charge in [-0.05, 0) is 31.6 Å². The average molecular weight is 228 g/mol. The van der Waals surface area contributed by atoms with Gasteiger partial charge < -0.3 is 15.8 Å². The molecule has 0 aliphatic carbocycles. The van der Waals surface area contributed by atoms with Crippen molar-refractivity contribution in [2.24, 2.45) is 11.1 Å². The number of hydrogen-bond acceptors (Lipinski definition) is 3. The Hall–Kier alpha value is -0.610. The lowest BCUT2D eigenvalue weighted by molar-refractivity contribution is -0.126. The van der Waals surface area contributed by atoms with Crippen molar-refractivity contribution in [2.75, 3.05) is 19.8 Å². The molecule has 1 amide bonds. The molecule has 1 rings (SSSR count). The molecule has 1 atom stereocenters. The van der Waals surface area contributed by atoms with E-state index in [2.05, 4.69) is 12.2 Å². The van der Waals surface area contributed by atoms with E-state index in [-0.39, 0.29) is 11.3 Å². The van der Waals surface area contributed by atoms with Crippen molar-refractivity contribution in [1.29, 1.82) is 0 Å². The van der Waals surface area contributed by atoms with Crippen molar-refractivity contribution in [3.05, 3.63) is 0 Å². The smallest absolute Gasteiger partial charge is 0.239 e. The highest BCUT2D eigenvalue weighted by molar-refractivity contribution is 5.85. The summed E-state index contributed by atoms with van der Waals surface area (Å²) in [4.78, 5) is 11.8. The van der Waals surface area contributed by atoms with Crippen LogP contribution in [0.2, 0.25) is 0 Å². The predicted octanol–water partition coefficient (Wildman–Crippen LogP) is 1.05. The van der Waals surface area contributed by atoms with Gasteiger partial charge in [0.2, 0.25) is 5.91 Å². The summed E-state index contributed by atoms with van der Waals surface area (Å²) in [6.45, 7) is 8.17. The number of nitrogens with two attached hydrogens (primary N) is 1. The van der Waals surface area contributed by atoms with Gasteiger partial charge in [-0.3, -0.25) is 4.79 Å². The van der Waals surface area contributed by atoms with Gasteiger partial charge in [-0.25, -0.2) is 0 Å². The molecule has 16 heavy (non-hydrogen) atoms. The van der Waals surface area contributed by atoms with Crippen molar-refractivity contribution in [3.63, 3.8) is 0 Å². The minimum Gasteiger partial charge on any atom is -0.381 e. The number of nitrogens with one attached hydrogen (secondary N) is 1. The quantitative estimate of drug-likeness (QED) is 0.756. The molecule has 0 saturated carbocycles. The van der Waals surface area contributed by atoms with E-state index in [1.165, 1.54) is 0 Å². The third-order valence-corrected chi connectivity index (χ3v) is 3.63. The molecule has 0 bridgehead atoms. The summed E-state index contributed by atoms with van der Waals surface area (Å²) in [6.07, 6.45) is 2.65. The van der Waals surface area contributed by atoms with Gasteiger partial charge in [-0.1, -0.05) is 13.8 Å². The van der Waals surface area contributed by atoms with E-state index < -0.39 is 5.54 Å². The van der Waals surface area contributed by atoms with Crippen molar-refractivity contribution < 1.29 is 9.53 Å². The molecule has 1 saturated heterocycles. The number of hydrogen-bond donors (Lipinski definition) is 2. The van der Waals surface area contributed by atoms with Crippen molar-refractivity contribution in [2.45, 2.75) is 45.6 Å². The summed E-state index contributed by atoms with van der Waals surface area (Å²) in [5, 5.41) is 2.96. The van der Waals surface area contributed by atoms with Gasteiger partial charge in [-0.2, -0.15) is 0 Å². The van der Waals surface area contributed by atoms with Crippen LogP contribution in [0.15, 0.2) is 0 Å². The lowest BCUT2D eigenvalue weighted by atomic mass is 9.82. The zero-order valence-electron chi connectivity index (χ0n) is 10.6. The predicted molar refractivity (Wildman–Crippen MR) is 64.1 cm³/mol. The lowest BCUT2D eigenvalue weighted by Gasteiger charge is -2.34. The fourth-order valence-electron chi connectivity index (χ4n) is 1.70. The molecule has 0 aromatic heterocycles. The van der Waals surface area contributed by atoms with E-state index in [1.54, 1.807) is 6.92 Å². The Morgan fingerprint density at radius 1 is 1.50 bits per heavy atom. The van der Waals surface area contributed by atoms with Gasteiger partial charge in [0, 0.05) is 19.8 Å². The van der Waals surface area contributed by atoms with Crippen molar-refractivity contribution in [1.82, 2.24) is 5.32 Å². The molecule has 0 spiro atoms. The lowest BCUT2D eigenvalue weighted by Crippen LogP contribution is -2.53. The highest BCUT2D eigenvalue weighted by atomic mass is 16.5. The summed E-state index contributed by atoms with van der Waals surface area (Å²) in [5.74, 6) is -0.0530. The number of carbonyl (C=O) groups excluding carboxylic acids is 1. The molecule has 3 N–H and O–H groups in total. The summed E-state index contributed by atoms with van der Waals surface area (Å²) in [5.41, 5.74) is 5.30. The highest BCUT2D eigenvalue weighted by Crippen LogP contribution is 2.28. The standard InChI is InChI=1S/C12H24N2O2/c1-4-12(3,13)10(15)14-9-11(2)5-7-16-8-6-11/h4-9,13H2,1-3H3,(H,14,15). The Labute approximate surface area is 97.9 Å². The van der Waals surface area contributed by atoms with Crippen LogP contribution in [0.1, 0.15) is 40.0 Å². The molecule has 1 aliphatic heterocycles. The van der Waals surface area contributed by atoms with Crippen LogP contribution in [0, 0.1) is 5.41 Å². The van der Waals surface area contributed by atoms with E-state index in [9.17, 15) is 4.79 Å². The largest absolute Gasteiger partial charge is 0.381 e. The maximum Gasteiger partial charge on any atom is 0.239 e. The second-order valence-electron chi connectivity index (χ2n) is 5.38. The Kier molecular flexibility index (Phi) is 4.33. The van der Waals surface area contributed by atoms with E-state index in [0.717, 1.165) is 26.1 Å². The Bertz CT molecular complexity index is 245. The molecule has 0 aromatic rings. The Morgan fingerprint density at radius 2 is 2.06 bits per heavy atom. The Balaban J connectivity index is 2.41. The van der Waals surface area contributed by atoms with Gasteiger partial charge in [0.1, 0.15) is 0 Å². The van der Waals surface area contributed by atoms with Gasteiger partial charge in [-0.15, -0.1) is 0 Å². The molecule has 1 aliphatic rings. The maximum atomic E-state index is 11.8. The van der Waals surface area contributed by atoms with Crippen LogP contribution in [-0.4, -0.2) is 31.2 Å². The summed E-state index contributed by atoms with van der Waals surface area (Å²) in [6, 6.07) is 0. The van der Waals surface area contributed by atoms with E-state index in [4.69, 9.17) is 10.5 Å². The van der Waals surface area contributed by atoms with Gasteiger partial charge in [0.15, 0.2) is 0 Å². The number of amides is 1. The Morgan fingerprint density at radius 3 is 2.56 bits per heavy atom. The molecular formula is C12H24N2O2. The minimum atomic E-state index is -0.748. The molecule has 1 unspecified atom stereocenters. The molecule has 1 fully saturated rings. The first-order valence-electron chi connectivity index (χ1n) is 6.05. The summed E-state index contributed by atoms with van der Waals surface area (Å²) >= 11 is 0. The van der Waals surface area contributed by atoms with Crippen LogP contribution >= 0.6 is 0 Å². The van der Waals surface area contributed by atoms with E-state index >= 15 is 0 Å². The molecule has 1 heterocycles. The monoisotopic (exact) mass is 228 g/mol. The zero-order chi connectivity index (χ0) is 12.2. The van der Waals surface area contributed by atoms with Crippen molar-refractivity contribution in [3.8, 4) is 0 Å². The van der Waals surface area contributed by atoms with Crippen LogP contribution in [0.3, 0.4) is 0 Å².